The molecular weight excluding hydrogens is 466 g/mol. The van der Waals surface area contributed by atoms with E-state index < -0.39 is 6.04 Å². The van der Waals surface area contributed by atoms with Gasteiger partial charge in [-0.3, -0.25) is 14.4 Å². The van der Waals surface area contributed by atoms with Gasteiger partial charge < -0.3 is 20.1 Å². The number of nitrogens with zero attached hydrogens (tertiary/aromatic N) is 3. The van der Waals surface area contributed by atoms with Gasteiger partial charge >= 0.3 is 0 Å². The number of aromatic amines is 1. The lowest BCUT2D eigenvalue weighted by Gasteiger charge is -2.28. The Kier molecular flexibility index (Phi) is 8.24. The zero-order valence-electron chi connectivity index (χ0n) is 23.2. The first-order chi connectivity index (χ1) is 17.6. The van der Waals surface area contributed by atoms with Crippen LogP contribution in [0.5, 0.6) is 0 Å². The van der Waals surface area contributed by atoms with Crippen LogP contribution in [0.1, 0.15) is 84.7 Å². The van der Waals surface area contributed by atoms with E-state index in [1.54, 1.807) is 4.90 Å². The van der Waals surface area contributed by atoms with Crippen LogP contribution in [0.3, 0.4) is 0 Å². The van der Waals surface area contributed by atoms with Gasteiger partial charge in [0.2, 0.25) is 17.7 Å². The normalized spacial score (nSPS) is 21.7. The van der Waals surface area contributed by atoms with Crippen molar-refractivity contribution in [3.63, 3.8) is 0 Å². The molecule has 4 atom stereocenters. The Balaban J connectivity index is 1.42. The molecule has 0 bridgehead atoms. The standard InChI is InChI=1S/C29H43N5O3/c1-17(2)19(5)28(36)33-13-7-9-24(33)26-31-22-12-11-21(15-23(22)32-26)16-30-27(35)25-10-8-14-34(25)29(37)20(6)18(3)4/h11-12,15,17-20,24-25H,7-10,13-14,16H2,1-6H3,(H,30,35)(H,31,32)/t19-,20-,24-,25-/m0/s1. The highest BCUT2D eigenvalue weighted by Gasteiger charge is 2.37. The lowest BCUT2D eigenvalue weighted by molar-refractivity contribution is -0.142. The second-order valence-corrected chi connectivity index (χ2v) is 11.6. The number of benzene rings is 1. The Hall–Kier alpha value is -2.90. The molecule has 37 heavy (non-hydrogen) atoms. The average molecular weight is 510 g/mol. The minimum absolute atomic E-state index is 0.0140. The van der Waals surface area contributed by atoms with Crippen molar-refractivity contribution in [2.75, 3.05) is 13.1 Å². The van der Waals surface area contributed by atoms with Crippen molar-refractivity contribution in [3.05, 3.63) is 29.6 Å². The molecule has 0 saturated carbocycles. The second kappa shape index (κ2) is 11.2. The number of nitrogens with one attached hydrogen (secondary N) is 2. The molecule has 0 aliphatic carbocycles. The first kappa shape index (κ1) is 27.1. The van der Waals surface area contributed by atoms with Gasteiger partial charge in [-0.05, 0) is 55.2 Å². The summed E-state index contributed by atoms with van der Waals surface area (Å²) in [6, 6.07) is 5.55. The van der Waals surface area contributed by atoms with E-state index in [4.69, 9.17) is 4.98 Å². The van der Waals surface area contributed by atoms with Gasteiger partial charge in [-0.25, -0.2) is 4.98 Å². The van der Waals surface area contributed by atoms with Crippen LogP contribution in [-0.4, -0.2) is 56.6 Å². The van der Waals surface area contributed by atoms with E-state index >= 15 is 0 Å². The summed E-state index contributed by atoms with van der Waals surface area (Å²) in [5, 5.41) is 3.04. The number of carbonyl (C=O) groups is 3. The van der Waals surface area contributed by atoms with Gasteiger partial charge in [0, 0.05) is 31.5 Å². The maximum atomic E-state index is 13.1. The highest BCUT2D eigenvalue weighted by molar-refractivity contribution is 5.89. The zero-order chi connectivity index (χ0) is 26.9. The third-order valence-electron chi connectivity index (χ3n) is 8.50. The van der Waals surface area contributed by atoms with Crippen LogP contribution in [-0.2, 0) is 20.9 Å². The van der Waals surface area contributed by atoms with Crippen molar-refractivity contribution in [3.8, 4) is 0 Å². The Morgan fingerprint density at radius 3 is 2.24 bits per heavy atom. The molecule has 3 amide bonds. The SMILES string of the molecule is CC(C)[C@H](C)C(=O)N1CCC[C@H]1C(=O)NCc1ccc2[nH]c([C@@H]3CCCN3C(=O)[C@@H](C)C(C)C)nc2c1. The number of fused-ring (bicyclic) bond motifs is 1. The summed E-state index contributed by atoms with van der Waals surface area (Å²) in [6.07, 6.45) is 3.45. The number of H-pyrrole nitrogens is 1. The highest BCUT2D eigenvalue weighted by atomic mass is 16.2. The maximum Gasteiger partial charge on any atom is 0.243 e. The fraction of sp³-hybridized carbons (Fsp3) is 0.655. The van der Waals surface area contributed by atoms with Crippen molar-refractivity contribution in [2.24, 2.45) is 23.7 Å². The van der Waals surface area contributed by atoms with Gasteiger partial charge in [0.15, 0.2) is 0 Å². The molecule has 2 N–H and O–H groups in total. The summed E-state index contributed by atoms with van der Waals surface area (Å²) in [5.41, 5.74) is 2.72. The van der Waals surface area contributed by atoms with E-state index in [9.17, 15) is 14.4 Å². The van der Waals surface area contributed by atoms with E-state index in [2.05, 4.69) is 24.1 Å². The minimum atomic E-state index is -0.395. The van der Waals surface area contributed by atoms with Crippen molar-refractivity contribution in [1.82, 2.24) is 25.1 Å². The molecule has 2 aliphatic rings. The van der Waals surface area contributed by atoms with Crippen LogP contribution < -0.4 is 5.32 Å². The van der Waals surface area contributed by atoms with Gasteiger partial charge in [0.25, 0.3) is 0 Å². The minimum Gasteiger partial charge on any atom is -0.350 e. The fourth-order valence-corrected chi connectivity index (χ4v) is 5.36. The summed E-state index contributed by atoms with van der Waals surface area (Å²) in [5.74, 6) is 1.44. The number of amides is 3. The van der Waals surface area contributed by atoms with Gasteiger partial charge in [-0.2, -0.15) is 0 Å². The van der Waals surface area contributed by atoms with Crippen LogP contribution in [0.25, 0.3) is 11.0 Å². The van der Waals surface area contributed by atoms with Crippen molar-refractivity contribution in [1.29, 1.82) is 0 Å². The average Bonchev–Trinajstić information content (AvgIpc) is 3.63. The van der Waals surface area contributed by atoms with E-state index in [0.717, 1.165) is 48.2 Å². The summed E-state index contributed by atoms with van der Waals surface area (Å²) < 4.78 is 0. The molecule has 8 nitrogen and oxygen atoms in total. The quantitative estimate of drug-likeness (QED) is 0.550. The molecule has 202 valence electrons. The molecule has 2 aliphatic heterocycles. The van der Waals surface area contributed by atoms with Gasteiger partial charge in [0.05, 0.1) is 17.1 Å². The number of imidazole rings is 1. The number of aromatic nitrogens is 2. The molecule has 8 heteroatoms. The summed E-state index contributed by atoms with van der Waals surface area (Å²) in [4.78, 5) is 51.0. The van der Waals surface area contributed by atoms with Crippen molar-refractivity contribution in [2.45, 2.75) is 85.9 Å². The lowest BCUT2D eigenvalue weighted by atomic mass is 9.96. The van der Waals surface area contributed by atoms with E-state index in [-0.39, 0.29) is 41.5 Å². The van der Waals surface area contributed by atoms with Crippen molar-refractivity contribution >= 4 is 28.8 Å². The molecule has 0 unspecified atom stereocenters. The largest absolute Gasteiger partial charge is 0.350 e. The molecule has 2 saturated heterocycles. The number of likely N-dealkylation sites (tertiary alicyclic amines) is 2. The Morgan fingerprint density at radius 2 is 1.57 bits per heavy atom. The number of rotatable bonds is 8. The summed E-state index contributed by atoms with van der Waals surface area (Å²) >= 11 is 0. The van der Waals surface area contributed by atoms with E-state index in [0.29, 0.717) is 25.4 Å². The van der Waals surface area contributed by atoms with Crippen molar-refractivity contribution < 1.29 is 14.4 Å². The van der Waals surface area contributed by atoms with Crippen LogP contribution in [0.15, 0.2) is 18.2 Å². The van der Waals surface area contributed by atoms with E-state index in [1.807, 2.05) is 50.8 Å². The summed E-state index contributed by atoms with van der Waals surface area (Å²) in [6.45, 7) is 14.0. The molecule has 0 radical (unpaired) electrons. The molecule has 2 fully saturated rings. The number of hydrogen-bond acceptors (Lipinski definition) is 4. The number of carbonyl (C=O) groups excluding carboxylic acids is 3. The second-order valence-electron chi connectivity index (χ2n) is 11.6. The molecule has 4 rings (SSSR count). The molecular formula is C29H43N5O3. The predicted molar refractivity (Wildman–Crippen MR) is 144 cm³/mol. The fourth-order valence-electron chi connectivity index (χ4n) is 5.36. The molecule has 2 aromatic rings. The first-order valence-corrected chi connectivity index (χ1v) is 14.0. The third kappa shape index (κ3) is 5.68. The Morgan fingerprint density at radius 1 is 0.946 bits per heavy atom. The Bertz CT molecular complexity index is 1140. The molecule has 1 aromatic heterocycles. The van der Waals surface area contributed by atoms with Gasteiger partial charge in [-0.15, -0.1) is 0 Å². The summed E-state index contributed by atoms with van der Waals surface area (Å²) in [7, 11) is 0. The topological polar surface area (TPSA) is 98.4 Å². The van der Waals surface area contributed by atoms with Crippen LogP contribution in [0.2, 0.25) is 0 Å². The smallest absolute Gasteiger partial charge is 0.243 e. The van der Waals surface area contributed by atoms with E-state index in [1.165, 1.54) is 0 Å². The first-order valence-electron chi connectivity index (χ1n) is 14.0. The van der Waals surface area contributed by atoms with Crippen LogP contribution in [0, 0.1) is 23.7 Å². The molecule has 1 aromatic carbocycles. The molecule has 0 spiro atoms. The van der Waals surface area contributed by atoms with Crippen LogP contribution >= 0.6 is 0 Å². The Labute approximate surface area is 220 Å². The lowest BCUT2D eigenvalue weighted by Crippen LogP contribution is -2.48. The highest BCUT2D eigenvalue weighted by Crippen LogP contribution is 2.33. The zero-order valence-corrected chi connectivity index (χ0v) is 23.2. The van der Waals surface area contributed by atoms with Crippen LogP contribution in [0.4, 0.5) is 0 Å². The third-order valence-corrected chi connectivity index (χ3v) is 8.50. The predicted octanol–water partition coefficient (Wildman–Crippen LogP) is 4.42. The molecule has 3 heterocycles. The van der Waals surface area contributed by atoms with Gasteiger partial charge in [-0.1, -0.05) is 47.6 Å². The number of hydrogen-bond donors (Lipinski definition) is 2. The monoisotopic (exact) mass is 509 g/mol. The van der Waals surface area contributed by atoms with Gasteiger partial charge in [0.1, 0.15) is 11.9 Å². The maximum absolute atomic E-state index is 13.1.